The molecule has 0 aromatic heterocycles. The van der Waals surface area contributed by atoms with Gasteiger partial charge in [0.25, 0.3) is 5.91 Å². The lowest BCUT2D eigenvalue weighted by Gasteiger charge is -2.19. The highest BCUT2D eigenvalue weighted by Gasteiger charge is 2.38. The first-order valence-electron chi connectivity index (χ1n) is 6.95. The molecule has 2 saturated heterocycles. The summed E-state index contributed by atoms with van der Waals surface area (Å²) in [7, 11) is 3.18. The van der Waals surface area contributed by atoms with E-state index in [9.17, 15) is 4.79 Å². The number of benzene rings is 1. The Morgan fingerprint density at radius 2 is 1.90 bits per heavy atom. The minimum Gasteiger partial charge on any atom is -0.497 e. The Morgan fingerprint density at radius 3 is 2.50 bits per heavy atom. The number of methoxy groups -OCH3 is 2. The topological polar surface area (TPSA) is 50.8 Å². The van der Waals surface area contributed by atoms with E-state index in [1.807, 2.05) is 4.90 Å². The highest BCUT2D eigenvalue weighted by atomic mass is 16.5. The summed E-state index contributed by atoms with van der Waals surface area (Å²) in [5.74, 6) is 2.50. The van der Waals surface area contributed by atoms with E-state index in [2.05, 4.69) is 5.32 Å². The summed E-state index contributed by atoms with van der Waals surface area (Å²) in [5, 5.41) is 3.38. The average Bonchev–Trinajstić information content (AvgIpc) is 3.07. The molecule has 2 unspecified atom stereocenters. The van der Waals surface area contributed by atoms with Crippen molar-refractivity contribution < 1.29 is 14.3 Å². The maximum absolute atomic E-state index is 12.7. The quantitative estimate of drug-likeness (QED) is 0.894. The van der Waals surface area contributed by atoms with Crippen molar-refractivity contribution in [2.45, 2.75) is 0 Å². The summed E-state index contributed by atoms with van der Waals surface area (Å²) >= 11 is 0. The number of hydrogen-bond donors (Lipinski definition) is 1. The van der Waals surface area contributed by atoms with Gasteiger partial charge in [-0.1, -0.05) is 0 Å². The largest absolute Gasteiger partial charge is 0.497 e. The predicted molar refractivity (Wildman–Crippen MR) is 75.3 cm³/mol. The standard InChI is InChI=1S/C15H20N2O3/c1-19-12-3-4-14(20-2)13(5-12)15(18)17-8-10-6-16-7-11(10)9-17/h3-5,10-11,16H,6-9H2,1-2H3. The van der Waals surface area contributed by atoms with Crippen LogP contribution in [0, 0.1) is 11.8 Å². The van der Waals surface area contributed by atoms with Crippen LogP contribution in [0.2, 0.25) is 0 Å². The lowest BCUT2D eigenvalue weighted by Crippen LogP contribution is -2.32. The molecule has 0 radical (unpaired) electrons. The molecule has 1 N–H and O–H groups in total. The minimum absolute atomic E-state index is 0.0372. The second-order valence-electron chi connectivity index (χ2n) is 5.45. The molecule has 1 amide bonds. The van der Waals surface area contributed by atoms with Gasteiger partial charge in [-0.25, -0.2) is 0 Å². The number of hydrogen-bond acceptors (Lipinski definition) is 4. The van der Waals surface area contributed by atoms with E-state index in [0.717, 1.165) is 26.2 Å². The van der Waals surface area contributed by atoms with Gasteiger partial charge in [0, 0.05) is 26.2 Å². The van der Waals surface area contributed by atoms with E-state index in [1.54, 1.807) is 32.4 Å². The van der Waals surface area contributed by atoms with Crippen molar-refractivity contribution in [1.29, 1.82) is 0 Å². The number of carbonyl (C=O) groups excluding carboxylic acids is 1. The van der Waals surface area contributed by atoms with Crippen LogP contribution in [0.15, 0.2) is 18.2 Å². The van der Waals surface area contributed by atoms with Crippen LogP contribution in [-0.4, -0.2) is 51.2 Å². The molecule has 3 rings (SSSR count). The molecule has 0 bridgehead atoms. The molecular formula is C15H20N2O3. The Hall–Kier alpha value is -1.75. The highest BCUT2D eigenvalue weighted by Crippen LogP contribution is 2.30. The fraction of sp³-hybridized carbons (Fsp3) is 0.533. The summed E-state index contributed by atoms with van der Waals surface area (Å²) in [6.45, 7) is 3.70. The van der Waals surface area contributed by atoms with Gasteiger partial charge in [0.1, 0.15) is 11.5 Å². The third-order valence-electron chi connectivity index (χ3n) is 4.31. The molecule has 2 aliphatic rings. The van der Waals surface area contributed by atoms with Crippen molar-refractivity contribution in [2.24, 2.45) is 11.8 Å². The van der Waals surface area contributed by atoms with Crippen LogP contribution in [0.3, 0.4) is 0 Å². The first-order chi connectivity index (χ1) is 9.72. The molecular weight excluding hydrogens is 256 g/mol. The number of carbonyl (C=O) groups is 1. The zero-order chi connectivity index (χ0) is 14.1. The number of nitrogens with one attached hydrogen (secondary N) is 1. The van der Waals surface area contributed by atoms with Crippen LogP contribution in [0.1, 0.15) is 10.4 Å². The molecule has 2 atom stereocenters. The molecule has 0 aliphatic carbocycles. The van der Waals surface area contributed by atoms with Crippen molar-refractivity contribution in [3.63, 3.8) is 0 Å². The molecule has 1 aromatic rings. The minimum atomic E-state index is 0.0372. The Kier molecular flexibility index (Phi) is 3.53. The van der Waals surface area contributed by atoms with E-state index in [1.165, 1.54) is 0 Å². The third-order valence-corrected chi connectivity index (χ3v) is 4.31. The normalized spacial score (nSPS) is 24.6. The maximum Gasteiger partial charge on any atom is 0.257 e. The number of amides is 1. The lowest BCUT2D eigenvalue weighted by molar-refractivity contribution is 0.0778. The monoisotopic (exact) mass is 276 g/mol. The molecule has 5 heteroatoms. The molecule has 2 fully saturated rings. The van der Waals surface area contributed by atoms with Crippen molar-refractivity contribution in [3.8, 4) is 11.5 Å². The Labute approximate surface area is 118 Å². The molecule has 2 heterocycles. The predicted octanol–water partition coefficient (Wildman–Crippen LogP) is 0.995. The van der Waals surface area contributed by atoms with E-state index < -0.39 is 0 Å². The Morgan fingerprint density at radius 1 is 1.20 bits per heavy atom. The van der Waals surface area contributed by atoms with Crippen LogP contribution in [-0.2, 0) is 0 Å². The van der Waals surface area contributed by atoms with Crippen molar-refractivity contribution >= 4 is 5.91 Å². The smallest absolute Gasteiger partial charge is 0.257 e. The summed E-state index contributed by atoms with van der Waals surface area (Å²) < 4.78 is 10.5. The van der Waals surface area contributed by atoms with Gasteiger partial charge in [-0.15, -0.1) is 0 Å². The van der Waals surface area contributed by atoms with Gasteiger partial charge in [-0.05, 0) is 30.0 Å². The lowest BCUT2D eigenvalue weighted by atomic mass is 10.0. The first kappa shape index (κ1) is 13.2. The van der Waals surface area contributed by atoms with Crippen molar-refractivity contribution in [1.82, 2.24) is 10.2 Å². The fourth-order valence-electron chi connectivity index (χ4n) is 3.17. The number of rotatable bonds is 3. The molecule has 108 valence electrons. The summed E-state index contributed by atoms with van der Waals surface area (Å²) in [4.78, 5) is 14.6. The molecule has 5 nitrogen and oxygen atoms in total. The van der Waals surface area contributed by atoms with Gasteiger partial charge >= 0.3 is 0 Å². The molecule has 20 heavy (non-hydrogen) atoms. The summed E-state index contributed by atoms with van der Waals surface area (Å²) in [5.41, 5.74) is 0.583. The van der Waals surface area contributed by atoms with Crippen LogP contribution < -0.4 is 14.8 Å². The zero-order valence-corrected chi connectivity index (χ0v) is 11.9. The third kappa shape index (κ3) is 2.22. The average molecular weight is 276 g/mol. The summed E-state index contributed by atoms with van der Waals surface area (Å²) in [6.07, 6.45) is 0. The Balaban J connectivity index is 1.83. The number of fused-ring (bicyclic) bond motifs is 1. The first-order valence-corrected chi connectivity index (χ1v) is 6.95. The summed E-state index contributed by atoms with van der Waals surface area (Å²) in [6, 6.07) is 5.34. The van der Waals surface area contributed by atoms with Gasteiger partial charge in [0.05, 0.1) is 19.8 Å². The van der Waals surface area contributed by atoms with E-state index >= 15 is 0 Å². The zero-order valence-electron chi connectivity index (χ0n) is 11.9. The van der Waals surface area contributed by atoms with Gasteiger partial charge in [-0.3, -0.25) is 4.79 Å². The molecule has 0 spiro atoms. The van der Waals surface area contributed by atoms with Crippen LogP contribution in [0.25, 0.3) is 0 Å². The number of likely N-dealkylation sites (tertiary alicyclic amines) is 1. The number of nitrogens with zero attached hydrogens (tertiary/aromatic N) is 1. The molecule has 1 aromatic carbocycles. The SMILES string of the molecule is COc1ccc(OC)c(C(=O)N2CC3CNCC3C2)c1. The van der Waals surface area contributed by atoms with Gasteiger partial charge in [0.2, 0.25) is 0 Å². The van der Waals surface area contributed by atoms with E-state index in [0.29, 0.717) is 28.9 Å². The fourth-order valence-corrected chi connectivity index (χ4v) is 3.17. The number of ether oxygens (including phenoxy) is 2. The second-order valence-corrected chi connectivity index (χ2v) is 5.45. The highest BCUT2D eigenvalue weighted by molar-refractivity contribution is 5.97. The Bertz CT molecular complexity index is 506. The molecule has 0 saturated carbocycles. The van der Waals surface area contributed by atoms with Crippen molar-refractivity contribution in [2.75, 3.05) is 40.4 Å². The van der Waals surface area contributed by atoms with E-state index in [-0.39, 0.29) is 5.91 Å². The maximum atomic E-state index is 12.7. The van der Waals surface area contributed by atoms with Crippen molar-refractivity contribution in [3.05, 3.63) is 23.8 Å². The van der Waals surface area contributed by atoms with Gasteiger partial charge in [-0.2, -0.15) is 0 Å². The van der Waals surface area contributed by atoms with Gasteiger partial charge in [0.15, 0.2) is 0 Å². The van der Waals surface area contributed by atoms with Crippen LogP contribution in [0.5, 0.6) is 11.5 Å². The van der Waals surface area contributed by atoms with Crippen LogP contribution in [0.4, 0.5) is 0 Å². The second kappa shape index (κ2) is 5.32. The van der Waals surface area contributed by atoms with Crippen LogP contribution >= 0.6 is 0 Å². The van der Waals surface area contributed by atoms with Gasteiger partial charge < -0.3 is 19.7 Å². The van der Waals surface area contributed by atoms with E-state index in [4.69, 9.17) is 9.47 Å². The molecule has 2 aliphatic heterocycles.